The molecule has 0 bridgehead atoms. The minimum absolute atomic E-state index is 0.0250. The van der Waals surface area contributed by atoms with E-state index in [0.717, 1.165) is 38.2 Å². The monoisotopic (exact) mass is 340 g/mol. The summed E-state index contributed by atoms with van der Waals surface area (Å²) in [5.74, 6) is 0.977. The van der Waals surface area contributed by atoms with Crippen molar-refractivity contribution in [1.82, 2.24) is 29.9 Å². The summed E-state index contributed by atoms with van der Waals surface area (Å²) in [7, 11) is 0. The lowest BCUT2D eigenvalue weighted by molar-refractivity contribution is 0.0653. The molecular formula is C18H24N6O. The fourth-order valence-corrected chi connectivity index (χ4v) is 4.05. The maximum absolute atomic E-state index is 12.6. The Hall–Kier alpha value is -2.31. The van der Waals surface area contributed by atoms with E-state index in [1.54, 1.807) is 12.4 Å². The van der Waals surface area contributed by atoms with Crippen molar-refractivity contribution in [2.24, 2.45) is 5.92 Å². The van der Waals surface area contributed by atoms with Crippen LogP contribution in [-0.2, 0) is 6.54 Å². The Morgan fingerprint density at radius 3 is 2.84 bits per heavy atom. The first kappa shape index (κ1) is 16.2. The highest BCUT2D eigenvalue weighted by Gasteiger charge is 2.26. The Labute approximate surface area is 147 Å². The first-order valence-electron chi connectivity index (χ1n) is 9.25. The van der Waals surface area contributed by atoms with Gasteiger partial charge >= 0.3 is 0 Å². The van der Waals surface area contributed by atoms with Crippen LogP contribution in [0.5, 0.6) is 0 Å². The quantitative estimate of drug-likeness (QED) is 0.853. The molecule has 132 valence electrons. The number of aromatic nitrogens is 5. The molecule has 2 fully saturated rings. The third-order valence-electron chi connectivity index (χ3n) is 5.36. The van der Waals surface area contributed by atoms with E-state index in [0.29, 0.717) is 17.5 Å². The number of nitrogens with zero attached hydrogens (tertiary/aromatic N) is 6. The molecule has 2 aliphatic rings. The van der Waals surface area contributed by atoms with Gasteiger partial charge in [-0.3, -0.25) is 14.5 Å². The van der Waals surface area contributed by atoms with Crippen LogP contribution < -0.4 is 0 Å². The van der Waals surface area contributed by atoms with Crippen LogP contribution in [-0.4, -0.2) is 48.9 Å². The second-order valence-corrected chi connectivity index (χ2v) is 7.20. The molecule has 3 heterocycles. The number of hydrogen-bond donors (Lipinski definition) is 0. The minimum Gasteiger partial charge on any atom is -0.337 e. The van der Waals surface area contributed by atoms with Gasteiger partial charge in [-0.25, -0.2) is 4.98 Å². The molecule has 0 spiro atoms. The van der Waals surface area contributed by atoms with Gasteiger partial charge in [0.05, 0.1) is 11.9 Å². The fourth-order valence-electron chi connectivity index (χ4n) is 4.05. The summed E-state index contributed by atoms with van der Waals surface area (Å²) in [5.41, 5.74) is 1.56. The molecule has 25 heavy (non-hydrogen) atoms. The largest absolute Gasteiger partial charge is 0.337 e. The van der Waals surface area contributed by atoms with Crippen molar-refractivity contribution in [3.63, 3.8) is 0 Å². The van der Waals surface area contributed by atoms with Crippen molar-refractivity contribution in [2.45, 2.75) is 51.0 Å². The van der Waals surface area contributed by atoms with Crippen LogP contribution >= 0.6 is 0 Å². The molecule has 0 radical (unpaired) electrons. The molecule has 1 saturated carbocycles. The number of piperidine rings is 1. The first-order chi connectivity index (χ1) is 12.3. The second-order valence-electron chi connectivity index (χ2n) is 7.20. The molecule has 1 amide bonds. The predicted octanol–water partition coefficient (Wildman–Crippen LogP) is 2.28. The summed E-state index contributed by atoms with van der Waals surface area (Å²) >= 11 is 0. The van der Waals surface area contributed by atoms with Crippen LogP contribution in [0.1, 0.15) is 60.6 Å². The van der Waals surface area contributed by atoms with Gasteiger partial charge in [-0.2, -0.15) is 0 Å². The smallest absolute Gasteiger partial charge is 0.274 e. The van der Waals surface area contributed by atoms with Gasteiger partial charge in [0.25, 0.3) is 5.91 Å². The zero-order chi connectivity index (χ0) is 17.1. The average Bonchev–Trinajstić information content (AvgIpc) is 3.34. The molecule has 0 aromatic carbocycles. The van der Waals surface area contributed by atoms with Crippen molar-refractivity contribution in [3.8, 4) is 0 Å². The third kappa shape index (κ3) is 3.70. The van der Waals surface area contributed by atoms with E-state index in [1.165, 1.54) is 31.9 Å². The fraction of sp³-hybridized carbons (Fsp3) is 0.611. The molecule has 1 atom stereocenters. The van der Waals surface area contributed by atoms with Gasteiger partial charge in [-0.1, -0.05) is 18.1 Å². The summed E-state index contributed by atoms with van der Waals surface area (Å²) in [6, 6.07) is 0. The van der Waals surface area contributed by atoms with Crippen molar-refractivity contribution in [2.75, 3.05) is 13.1 Å². The number of carbonyl (C=O) groups excluding carboxylic acids is 1. The lowest BCUT2D eigenvalue weighted by Crippen LogP contribution is -2.41. The van der Waals surface area contributed by atoms with Crippen LogP contribution in [0.2, 0.25) is 0 Å². The van der Waals surface area contributed by atoms with Gasteiger partial charge in [0.1, 0.15) is 5.69 Å². The second kappa shape index (κ2) is 7.29. The van der Waals surface area contributed by atoms with Crippen molar-refractivity contribution in [3.05, 3.63) is 36.2 Å². The number of hydrogen-bond acceptors (Lipinski definition) is 5. The number of rotatable bonds is 4. The van der Waals surface area contributed by atoms with E-state index in [4.69, 9.17) is 0 Å². The van der Waals surface area contributed by atoms with Gasteiger partial charge < -0.3 is 4.90 Å². The Bertz CT molecular complexity index is 709. The molecule has 2 aromatic heterocycles. The number of likely N-dealkylation sites (tertiary alicyclic amines) is 1. The van der Waals surface area contributed by atoms with Gasteiger partial charge in [0, 0.05) is 44.1 Å². The van der Waals surface area contributed by atoms with Crippen molar-refractivity contribution in [1.29, 1.82) is 0 Å². The summed E-state index contributed by atoms with van der Waals surface area (Å²) in [6.07, 6.45) is 14.0. The highest BCUT2D eigenvalue weighted by Crippen LogP contribution is 2.32. The molecule has 0 N–H and O–H groups in total. The highest BCUT2D eigenvalue weighted by atomic mass is 16.2. The van der Waals surface area contributed by atoms with E-state index in [2.05, 4.69) is 26.5 Å². The molecule has 7 nitrogen and oxygen atoms in total. The van der Waals surface area contributed by atoms with Gasteiger partial charge in [-0.15, -0.1) is 5.10 Å². The summed E-state index contributed by atoms with van der Waals surface area (Å²) in [4.78, 5) is 22.6. The third-order valence-corrected chi connectivity index (χ3v) is 5.36. The Balaban J connectivity index is 1.37. The molecule has 7 heteroatoms. The highest BCUT2D eigenvalue weighted by molar-refractivity contribution is 5.92. The Morgan fingerprint density at radius 2 is 2.04 bits per heavy atom. The predicted molar refractivity (Wildman–Crippen MR) is 91.9 cm³/mol. The maximum Gasteiger partial charge on any atom is 0.274 e. The van der Waals surface area contributed by atoms with Gasteiger partial charge in [-0.05, 0) is 31.6 Å². The molecule has 4 rings (SSSR count). The molecule has 1 aliphatic carbocycles. The van der Waals surface area contributed by atoms with E-state index < -0.39 is 0 Å². The van der Waals surface area contributed by atoms with Crippen LogP contribution in [0, 0.1) is 5.92 Å². The average molecular weight is 340 g/mol. The van der Waals surface area contributed by atoms with E-state index in [1.807, 2.05) is 9.58 Å². The van der Waals surface area contributed by atoms with Crippen LogP contribution in [0.25, 0.3) is 0 Å². The van der Waals surface area contributed by atoms with E-state index >= 15 is 0 Å². The first-order valence-corrected chi connectivity index (χ1v) is 9.25. The number of carbonyl (C=O) groups is 1. The standard InChI is InChI=1S/C18H24N6O/c25-18(16-10-19-7-8-20-16)23-9-3-4-14(11-23)12-24-13-17(21-22-24)15-5-1-2-6-15/h7-8,10,13-15H,1-6,9,11-12H2/t14-/m0/s1. The molecule has 2 aromatic rings. The van der Waals surface area contributed by atoms with Gasteiger partial charge in [0.15, 0.2) is 0 Å². The van der Waals surface area contributed by atoms with Crippen LogP contribution in [0.15, 0.2) is 24.8 Å². The lowest BCUT2D eigenvalue weighted by Gasteiger charge is -2.32. The van der Waals surface area contributed by atoms with Crippen LogP contribution in [0.4, 0.5) is 0 Å². The zero-order valence-corrected chi connectivity index (χ0v) is 14.4. The molecule has 1 saturated heterocycles. The lowest BCUT2D eigenvalue weighted by atomic mass is 9.97. The molecule has 1 aliphatic heterocycles. The number of amides is 1. The summed E-state index contributed by atoms with van der Waals surface area (Å²) in [6.45, 7) is 2.36. The molecular weight excluding hydrogens is 316 g/mol. The minimum atomic E-state index is -0.0250. The zero-order valence-electron chi connectivity index (χ0n) is 14.4. The summed E-state index contributed by atoms with van der Waals surface area (Å²) in [5, 5.41) is 8.70. The SMILES string of the molecule is O=C(c1cnccn1)N1CCC[C@H](Cn2cc(C3CCCC3)nn2)C1. The normalized spacial score (nSPS) is 21.6. The van der Waals surface area contributed by atoms with Crippen molar-refractivity contribution < 1.29 is 4.79 Å². The Kier molecular flexibility index (Phi) is 4.72. The summed E-state index contributed by atoms with van der Waals surface area (Å²) < 4.78 is 1.97. The van der Waals surface area contributed by atoms with E-state index in [9.17, 15) is 4.79 Å². The maximum atomic E-state index is 12.6. The van der Waals surface area contributed by atoms with Gasteiger partial charge in [0.2, 0.25) is 0 Å². The van der Waals surface area contributed by atoms with Crippen molar-refractivity contribution >= 4 is 5.91 Å². The molecule has 0 unspecified atom stereocenters. The van der Waals surface area contributed by atoms with Crippen LogP contribution in [0.3, 0.4) is 0 Å². The van der Waals surface area contributed by atoms with E-state index in [-0.39, 0.29) is 5.91 Å². The Morgan fingerprint density at radius 1 is 1.16 bits per heavy atom. The topological polar surface area (TPSA) is 76.8 Å².